The molecule has 2 aromatic carbocycles. The van der Waals surface area contributed by atoms with Gasteiger partial charge in [-0.05, 0) is 57.3 Å². The molecule has 9 heteroatoms. The number of hydrogen-bond donors (Lipinski definition) is 2. The molecule has 0 saturated carbocycles. The molecule has 0 spiro atoms. The Kier molecular flexibility index (Phi) is 6.49. The lowest BCUT2D eigenvalue weighted by atomic mass is 9.89. The molecule has 0 atom stereocenters. The van der Waals surface area contributed by atoms with Gasteiger partial charge in [0, 0.05) is 23.2 Å². The largest absolute Gasteiger partial charge is 0.332 e. The molecule has 2 N–H and O–H groups in total. The van der Waals surface area contributed by atoms with Gasteiger partial charge in [-0.15, -0.1) is 0 Å². The molecule has 0 bridgehead atoms. The summed E-state index contributed by atoms with van der Waals surface area (Å²) in [5.74, 6) is -6.97. The highest BCUT2D eigenvalue weighted by molar-refractivity contribution is 7.80. The Labute approximate surface area is 170 Å². The van der Waals surface area contributed by atoms with E-state index in [0.29, 0.717) is 17.3 Å². The summed E-state index contributed by atoms with van der Waals surface area (Å²) in [6.45, 7) is 1.72. The van der Waals surface area contributed by atoms with Crippen molar-refractivity contribution in [2.45, 2.75) is 12.8 Å². The SMILES string of the molecule is CN1CCC(C(=O)c2cccc(NC(=S)Nc3cc(F)c(F)c(F)c3F)c2)CC1. The lowest BCUT2D eigenvalue weighted by Crippen LogP contribution is -2.33. The van der Waals surface area contributed by atoms with Crippen molar-refractivity contribution in [1.29, 1.82) is 0 Å². The maximum atomic E-state index is 13.8. The Morgan fingerprint density at radius 2 is 1.72 bits per heavy atom. The van der Waals surface area contributed by atoms with Crippen LogP contribution in [0.5, 0.6) is 0 Å². The number of Topliss-reactive ketones (excluding diaryl/α,β-unsaturated/α-hetero) is 1. The fourth-order valence-electron chi connectivity index (χ4n) is 3.21. The van der Waals surface area contributed by atoms with Gasteiger partial charge in [0.15, 0.2) is 34.2 Å². The number of carbonyl (C=O) groups excluding carboxylic acids is 1. The van der Waals surface area contributed by atoms with Crippen LogP contribution in [-0.2, 0) is 0 Å². The smallest absolute Gasteiger partial charge is 0.199 e. The number of thiocarbonyl (C=S) groups is 1. The maximum Gasteiger partial charge on any atom is 0.199 e. The Bertz CT molecular complexity index is 946. The van der Waals surface area contributed by atoms with Gasteiger partial charge in [-0.25, -0.2) is 17.6 Å². The van der Waals surface area contributed by atoms with Crippen LogP contribution >= 0.6 is 12.2 Å². The first-order valence-corrected chi connectivity index (χ1v) is 9.41. The third-order valence-electron chi connectivity index (χ3n) is 4.85. The summed E-state index contributed by atoms with van der Waals surface area (Å²) >= 11 is 5.03. The van der Waals surface area contributed by atoms with E-state index in [1.165, 1.54) is 0 Å². The molecule has 1 aliphatic rings. The number of piperidine rings is 1. The lowest BCUT2D eigenvalue weighted by Gasteiger charge is -2.28. The molecule has 1 heterocycles. The lowest BCUT2D eigenvalue weighted by molar-refractivity contribution is 0.0857. The van der Waals surface area contributed by atoms with Gasteiger partial charge >= 0.3 is 0 Å². The highest BCUT2D eigenvalue weighted by Crippen LogP contribution is 2.24. The molecule has 1 saturated heterocycles. The second-order valence-corrected chi connectivity index (χ2v) is 7.36. The Hall–Kier alpha value is -2.52. The first-order chi connectivity index (χ1) is 13.8. The Morgan fingerprint density at radius 3 is 2.41 bits per heavy atom. The van der Waals surface area contributed by atoms with Crippen molar-refractivity contribution in [2.24, 2.45) is 5.92 Å². The number of ketones is 1. The molecule has 1 aliphatic heterocycles. The standard InChI is InChI=1S/C20H19F4N3OS/c1-27-7-5-11(6-8-27)19(28)12-3-2-4-13(9-12)25-20(29)26-15-10-14(21)16(22)18(24)17(15)23/h2-4,9-11H,5-8H2,1H3,(H2,25,26,29). The summed E-state index contributed by atoms with van der Waals surface area (Å²) in [5.41, 5.74) is 0.319. The van der Waals surface area contributed by atoms with Crippen LogP contribution in [0.3, 0.4) is 0 Å². The molecule has 0 aliphatic carbocycles. The van der Waals surface area contributed by atoms with Crippen LogP contribution in [0.25, 0.3) is 0 Å². The van der Waals surface area contributed by atoms with Crippen molar-refractivity contribution in [3.8, 4) is 0 Å². The quantitative estimate of drug-likeness (QED) is 0.247. The molecule has 4 nitrogen and oxygen atoms in total. The molecule has 154 valence electrons. The van der Waals surface area contributed by atoms with E-state index in [2.05, 4.69) is 15.5 Å². The fraction of sp³-hybridized carbons (Fsp3) is 0.300. The molecular formula is C20H19F4N3OS. The number of halogens is 4. The van der Waals surface area contributed by atoms with E-state index in [1.807, 2.05) is 7.05 Å². The number of likely N-dealkylation sites (tertiary alicyclic amines) is 1. The van der Waals surface area contributed by atoms with Crippen LogP contribution < -0.4 is 10.6 Å². The van der Waals surface area contributed by atoms with Gasteiger partial charge < -0.3 is 15.5 Å². The minimum atomic E-state index is -1.93. The zero-order valence-electron chi connectivity index (χ0n) is 15.6. The number of anilines is 2. The molecule has 0 amide bonds. The number of nitrogens with zero attached hydrogens (tertiary/aromatic N) is 1. The number of nitrogens with one attached hydrogen (secondary N) is 2. The third kappa shape index (κ3) is 4.91. The summed E-state index contributed by atoms with van der Waals surface area (Å²) in [6, 6.07) is 7.10. The highest BCUT2D eigenvalue weighted by atomic mass is 32.1. The molecule has 29 heavy (non-hydrogen) atoms. The van der Waals surface area contributed by atoms with Crippen molar-refractivity contribution < 1.29 is 22.4 Å². The second kappa shape index (κ2) is 8.87. The summed E-state index contributed by atoms with van der Waals surface area (Å²) in [5, 5.41) is 4.86. The van der Waals surface area contributed by atoms with Crippen LogP contribution in [0.1, 0.15) is 23.2 Å². The van der Waals surface area contributed by atoms with E-state index in [9.17, 15) is 22.4 Å². The van der Waals surface area contributed by atoms with E-state index in [-0.39, 0.29) is 16.8 Å². The van der Waals surface area contributed by atoms with Crippen molar-refractivity contribution in [3.05, 3.63) is 59.2 Å². The molecule has 2 aromatic rings. The average molecular weight is 425 g/mol. The van der Waals surface area contributed by atoms with Crippen LogP contribution in [0.2, 0.25) is 0 Å². The van der Waals surface area contributed by atoms with Gasteiger partial charge in [-0.2, -0.15) is 0 Å². The van der Waals surface area contributed by atoms with Gasteiger partial charge in [0.1, 0.15) is 0 Å². The summed E-state index contributed by atoms with van der Waals surface area (Å²) in [4.78, 5) is 14.9. The third-order valence-corrected chi connectivity index (χ3v) is 5.05. The van der Waals surface area contributed by atoms with Crippen molar-refractivity contribution in [2.75, 3.05) is 30.8 Å². The Balaban J connectivity index is 1.69. The monoisotopic (exact) mass is 425 g/mol. The summed E-state index contributed by atoms with van der Waals surface area (Å²) in [7, 11) is 2.01. The van der Waals surface area contributed by atoms with E-state index in [4.69, 9.17) is 12.2 Å². The first-order valence-electron chi connectivity index (χ1n) is 9.00. The van der Waals surface area contributed by atoms with Crippen molar-refractivity contribution >= 4 is 34.5 Å². The van der Waals surface area contributed by atoms with Gasteiger partial charge in [-0.1, -0.05) is 12.1 Å². The number of carbonyl (C=O) groups is 1. The first kappa shape index (κ1) is 21.2. The van der Waals surface area contributed by atoms with E-state index >= 15 is 0 Å². The number of hydrogen-bond acceptors (Lipinski definition) is 3. The predicted octanol–water partition coefficient (Wildman–Crippen LogP) is 4.58. The van der Waals surface area contributed by atoms with E-state index in [0.717, 1.165) is 25.9 Å². The molecule has 0 unspecified atom stereocenters. The van der Waals surface area contributed by atoms with Crippen LogP contribution in [0.15, 0.2) is 30.3 Å². The fourth-order valence-corrected chi connectivity index (χ4v) is 3.43. The zero-order valence-corrected chi connectivity index (χ0v) is 16.4. The normalized spacial score (nSPS) is 15.2. The summed E-state index contributed by atoms with van der Waals surface area (Å²) in [6.07, 6.45) is 1.57. The Morgan fingerprint density at radius 1 is 1.03 bits per heavy atom. The van der Waals surface area contributed by atoms with Crippen molar-refractivity contribution in [3.63, 3.8) is 0 Å². The minimum Gasteiger partial charge on any atom is -0.332 e. The molecule has 0 radical (unpaired) electrons. The topological polar surface area (TPSA) is 44.4 Å². The zero-order chi connectivity index (χ0) is 21.1. The number of benzene rings is 2. The van der Waals surface area contributed by atoms with Crippen LogP contribution in [0, 0.1) is 29.2 Å². The van der Waals surface area contributed by atoms with Gasteiger partial charge in [0.05, 0.1) is 5.69 Å². The van der Waals surface area contributed by atoms with Crippen LogP contribution in [0.4, 0.5) is 28.9 Å². The highest BCUT2D eigenvalue weighted by Gasteiger charge is 2.24. The minimum absolute atomic E-state index is 0.0364. The molecule has 1 fully saturated rings. The van der Waals surface area contributed by atoms with E-state index in [1.54, 1.807) is 24.3 Å². The van der Waals surface area contributed by atoms with Gasteiger partial charge in [0.25, 0.3) is 0 Å². The predicted molar refractivity (Wildman–Crippen MR) is 107 cm³/mol. The molecule has 0 aromatic heterocycles. The van der Waals surface area contributed by atoms with E-state index < -0.39 is 29.0 Å². The number of rotatable bonds is 4. The summed E-state index contributed by atoms with van der Waals surface area (Å²) < 4.78 is 53.5. The average Bonchev–Trinajstić information content (AvgIpc) is 2.70. The molecule has 3 rings (SSSR count). The van der Waals surface area contributed by atoms with Gasteiger partial charge in [0.2, 0.25) is 0 Å². The maximum absolute atomic E-state index is 13.8. The van der Waals surface area contributed by atoms with Crippen molar-refractivity contribution in [1.82, 2.24) is 4.90 Å². The second-order valence-electron chi connectivity index (χ2n) is 6.95. The van der Waals surface area contributed by atoms with Gasteiger partial charge in [-0.3, -0.25) is 4.79 Å². The van der Waals surface area contributed by atoms with Crippen LogP contribution in [-0.4, -0.2) is 35.9 Å². The molecular weight excluding hydrogens is 406 g/mol.